The lowest BCUT2D eigenvalue weighted by Gasteiger charge is -2.15. The number of nitrogen functional groups attached to an aromatic ring is 1. The van der Waals surface area contributed by atoms with Crippen LogP contribution in [0.3, 0.4) is 0 Å². The smallest absolute Gasteiger partial charge is 0.336 e. The van der Waals surface area contributed by atoms with Gasteiger partial charge in [-0.05, 0) is 18.6 Å². The zero-order chi connectivity index (χ0) is 16.9. The molecule has 2 amide bonds. The molecule has 9 heteroatoms. The van der Waals surface area contributed by atoms with Gasteiger partial charge in [-0.15, -0.1) is 0 Å². The first-order valence-electron chi connectivity index (χ1n) is 6.17. The number of carboxylic acid groups (broad SMARTS) is 2. The van der Waals surface area contributed by atoms with Crippen molar-refractivity contribution in [2.24, 2.45) is 5.73 Å². The molecule has 0 spiro atoms. The van der Waals surface area contributed by atoms with E-state index in [-0.39, 0.29) is 29.7 Å². The van der Waals surface area contributed by atoms with E-state index in [4.69, 9.17) is 21.7 Å². The van der Waals surface area contributed by atoms with E-state index >= 15 is 0 Å². The van der Waals surface area contributed by atoms with Gasteiger partial charge in [0.25, 0.3) is 5.91 Å². The number of nitrogens with one attached hydrogen (secondary N) is 1. The number of carbonyl (C=O) groups is 4. The van der Waals surface area contributed by atoms with Crippen molar-refractivity contribution in [3.63, 3.8) is 0 Å². The summed E-state index contributed by atoms with van der Waals surface area (Å²) < 4.78 is 0. The van der Waals surface area contributed by atoms with Crippen LogP contribution in [0.2, 0.25) is 0 Å². The third kappa shape index (κ3) is 4.20. The fourth-order valence-electron chi connectivity index (χ4n) is 1.78. The molecule has 0 aliphatic carbocycles. The van der Waals surface area contributed by atoms with Crippen molar-refractivity contribution in [2.75, 3.05) is 5.73 Å². The van der Waals surface area contributed by atoms with E-state index in [0.29, 0.717) is 0 Å². The van der Waals surface area contributed by atoms with Crippen LogP contribution in [0.5, 0.6) is 0 Å². The molecule has 1 aromatic carbocycles. The quantitative estimate of drug-likeness (QED) is 0.419. The van der Waals surface area contributed by atoms with Gasteiger partial charge in [-0.3, -0.25) is 9.59 Å². The van der Waals surface area contributed by atoms with Gasteiger partial charge in [0.15, 0.2) is 0 Å². The van der Waals surface area contributed by atoms with Gasteiger partial charge < -0.3 is 27.0 Å². The fraction of sp³-hybridized carbons (Fsp3) is 0.231. The van der Waals surface area contributed by atoms with Gasteiger partial charge in [-0.2, -0.15) is 0 Å². The fourth-order valence-corrected chi connectivity index (χ4v) is 1.78. The Kier molecular flexibility index (Phi) is 5.44. The number of nitrogens with two attached hydrogens (primary N) is 2. The predicted octanol–water partition coefficient (Wildman–Crippen LogP) is -0.584. The van der Waals surface area contributed by atoms with E-state index in [9.17, 15) is 19.2 Å². The standard InChI is InChI=1S/C13H15N3O6/c14-7-3-1-2-6(12(19)20)10(7)11(18)16-8(13(21)22)4-5-9(15)17/h1-3,8H,4-5,14H2,(H2,15,17)(H,16,18)(H,19,20)(H,21,22). The van der Waals surface area contributed by atoms with Crippen LogP contribution in [0.15, 0.2) is 18.2 Å². The molecular formula is C13H15N3O6. The first-order chi connectivity index (χ1) is 10.2. The van der Waals surface area contributed by atoms with Crippen molar-refractivity contribution < 1.29 is 29.4 Å². The molecule has 0 radical (unpaired) electrons. The highest BCUT2D eigenvalue weighted by Gasteiger charge is 2.25. The van der Waals surface area contributed by atoms with Gasteiger partial charge >= 0.3 is 11.9 Å². The Morgan fingerprint density at radius 1 is 1.18 bits per heavy atom. The molecule has 0 aliphatic rings. The largest absolute Gasteiger partial charge is 0.480 e. The lowest BCUT2D eigenvalue weighted by atomic mass is 10.0. The third-order valence-electron chi connectivity index (χ3n) is 2.84. The number of anilines is 1. The SMILES string of the molecule is NC(=O)CCC(NC(=O)c1c(N)cccc1C(=O)O)C(=O)O. The molecule has 118 valence electrons. The summed E-state index contributed by atoms with van der Waals surface area (Å²) in [7, 11) is 0. The number of hydrogen-bond acceptors (Lipinski definition) is 5. The minimum atomic E-state index is -1.39. The molecule has 1 rings (SSSR count). The number of benzene rings is 1. The summed E-state index contributed by atoms with van der Waals surface area (Å²) >= 11 is 0. The average Bonchev–Trinajstić information content (AvgIpc) is 2.42. The Bertz CT molecular complexity index is 628. The van der Waals surface area contributed by atoms with Crippen LogP contribution >= 0.6 is 0 Å². The topological polar surface area (TPSA) is 173 Å². The third-order valence-corrected chi connectivity index (χ3v) is 2.84. The second kappa shape index (κ2) is 7.07. The minimum absolute atomic E-state index is 0.101. The molecule has 9 nitrogen and oxygen atoms in total. The summed E-state index contributed by atoms with van der Waals surface area (Å²) in [6, 6.07) is 2.46. The number of aliphatic carboxylic acids is 1. The summed E-state index contributed by atoms with van der Waals surface area (Å²) in [6.07, 6.45) is -0.459. The summed E-state index contributed by atoms with van der Waals surface area (Å²) in [4.78, 5) is 45.0. The molecule has 1 atom stereocenters. The van der Waals surface area contributed by atoms with Crippen LogP contribution in [0, 0.1) is 0 Å². The van der Waals surface area contributed by atoms with E-state index in [1.54, 1.807) is 0 Å². The number of carbonyl (C=O) groups excluding carboxylic acids is 2. The van der Waals surface area contributed by atoms with Crippen molar-refractivity contribution in [3.05, 3.63) is 29.3 Å². The van der Waals surface area contributed by atoms with E-state index < -0.39 is 29.8 Å². The number of hydrogen-bond donors (Lipinski definition) is 5. The molecule has 0 aliphatic heterocycles. The number of primary amides is 1. The maximum Gasteiger partial charge on any atom is 0.336 e. The van der Waals surface area contributed by atoms with E-state index in [2.05, 4.69) is 5.32 Å². The summed E-state index contributed by atoms with van der Waals surface area (Å²) in [6.45, 7) is 0. The zero-order valence-corrected chi connectivity index (χ0v) is 11.4. The van der Waals surface area contributed by atoms with Crippen LogP contribution in [-0.4, -0.2) is 40.0 Å². The van der Waals surface area contributed by atoms with Crippen LogP contribution in [0.4, 0.5) is 5.69 Å². The molecule has 0 fully saturated rings. The van der Waals surface area contributed by atoms with Gasteiger partial charge in [0, 0.05) is 12.1 Å². The number of rotatable bonds is 7. The van der Waals surface area contributed by atoms with Crippen LogP contribution in [0.25, 0.3) is 0 Å². The van der Waals surface area contributed by atoms with E-state index in [1.807, 2.05) is 0 Å². The molecular weight excluding hydrogens is 294 g/mol. The molecule has 0 saturated heterocycles. The Labute approximate surface area is 124 Å². The number of amides is 2. The second-order valence-electron chi connectivity index (χ2n) is 4.44. The Balaban J connectivity index is 3.02. The molecule has 1 aromatic rings. The highest BCUT2D eigenvalue weighted by Crippen LogP contribution is 2.17. The van der Waals surface area contributed by atoms with Crippen molar-refractivity contribution >= 4 is 29.4 Å². The van der Waals surface area contributed by atoms with Crippen molar-refractivity contribution in [1.82, 2.24) is 5.32 Å². The Morgan fingerprint density at radius 2 is 1.82 bits per heavy atom. The average molecular weight is 309 g/mol. The van der Waals surface area contributed by atoms with Gasteiger partial charge in [-0.1, -0.05) is 6.07 Å². The van der Waals surface area contributed by atoms with Crippen molar-refractivity contribution in [2.45, 2.75) is 18.9 Å². The molecule has 0 heterocycles. The maximum absolute atomic E-state index is 12.1. The van der Waals surface area contributed by atoms with Crippen LogP contribution in [0.1, 0.15) is 33.6 Å². The highest BCUT2D eigenvalue weighted by molar-refractivity contribution is 6.09. The van der Waals surface area contributed by atoms with Crippen LogP contribution < -0.4 is 16.8 Å². The molecule has 0 bridgehead atoms. The predicted molar refractivity (Wildman–Crippen MR) is 75.1 cm³/mol. The molecule has 1 unspecified atom stereocenters. The van der Waals surface area contributed by atoms with Gasteiger partial charge in [0.05, 0.1) is 11.1 Å². The minimum Gasteiger partial charge on any atom is -0.480 e. The Hall–Kier alpha value is -3.10. The number of aromatic carboxylic acids is 1. The molecule has 7 N–H and O–H groups in total. The molecule has 0 aromatic heterocycles. The Morgan fingerprint density at radius 3 is 2.32 bits per heavy atom. The summed E-state index contributed by atoms with van der Waals surface area (Å²) in [5.41, 5.74) is 9.73. The normalized spacial score (nSPS) is 11.5. The molecule has 0 saturated carbocycles. The van der Waals surface area contributed by atoms with Crippen molar-refractivity contribution in [3.8, 4) is 0 Å². The highest BCUT2D eigenvalue weighted by atomic mass is 16.4. The first-order valence-corrected chi connectivity index (χ1v) is 6.17. The summed E-state index contributed by atoms with van der Waals surface area (Å²) in [5, 5.41) is 20.2. The first kappa shape index (κ1) is 17.0. The molecule has 22 heavy (non-hydrogen) atoms. The maximum atomic E-state index is 12.1. The second-order valence-corrected chi connectivity index (χ2v) is 4.44. The van der Waals surface area contributed by atoms with Gasteiger partial charge in [-0.25, -0.2) is 9.59 Å². The monoisotopic (exact) mass is 309 g/mol. The summed E-state index contributed by atoms with van der Waals surface area (Å²) in [5.74, 6) is -4.42. The van der Waals surface area contributed by atoms with Crippen molar-refractivity contribution in [1.29, 1.82) is 0 Å². The van der Waals surface area contributed by atoms with Gasteiger partial charge in [0.1, 0.15) is 6.04 Å². The lowest BCUT2D eigenvalue weighted by Crippen LogP contribution is -2.42. The van der Waals surface area contributed by atoms with Gasteiger partial charge in [0.2, 0.25) is 5.91 Å². The van der Waals surface area contributed by atoms with E-state index in [1.165, 1.54) is 18.2 Å². The number of carboxylic acids is 2. The zero-order valence-electron chi connectivity index (χ0n) is 11.4. The lowest BCUT2D eigenvalue weighted by molar-refractivity contribution is -0.139. The van der Waals surface area contributed by atoms with E-state index in [0.717, 1.165) is 0 Å². The van der Waals surface area contributed by atoms with Crippen LogP contribution in [-0.2, 0) is 9.59 Å².